The highest BCUT2D eigenvalue weighted by molar-refractivity contribution is 6.30. The maximum Gasteiger partial charge on any atom is 0.257 e. The third kappa shape index (κ3) is 4.54. The van der Waals surface area contributed by atoms with Gasteiger partial charge in [0.2, 0.25) is 0 Å². The Morgan fingerprint density at radius 1 is 1.21 bits per heavy atom. The molecule has 148 valence electrons. The Labute approximate surface area is 171 Å². The molecular formula is C22H26ClN3O2. The van der Waals surface area contributed by atoms with Crippen LogP contribution in [0.5, 0.6) is 5.75 Å². The van der Waals surface area contributed by atoms with Gasteiger partial charge >= 0.3 is 0 Å². The fourth-order valence-electron chi connectivity index (χ4n) is 3.37. The smallest absolute Gasteiger partial charge is 0.257 e. The Kier molecular flexibility index (Phi) is 6.70. The van der Waals surface area contributed by atoms with E-state index in [1.807, 2.05) is 48.5 Å². The molecule has 1 heterocycles. The number of methoxy groups -OCH3 is 1. The Morgan fingerprint density at radius 3 is 2.57 bits per heavy atom. The number of ether oxygens (including phenoxy) is 1. The van der Waals surface area contributed by atoms with Gasteiger partial charge in [-0.05, 0) is 42.9 Å². The third-order valence-corrected chi connectivity index (χ3v) is 5.33. The highest BCUT2D eigenvalue weighted by atomic mass is 35.5. The summed E-state index contributed by atoms with van der Waals surface area (Å²) in [5.41, 5.74) is 2.88. The minimum Gasteiger partial charge on any atom is -0.497 e. The maximum absolute atomic E-state index is 13.1. The largest absolute Gasteiger partial charge is 0.497 e. The summed E-state index contributed by atoms with van der Waals surface area (Å²) in [6.45, 7) is 6.12. The van der Waals surface area contributed by atoms with Crippen molar-refractivity contribution in [3.63, 3.8) is 0 Å². The first kappa shape index (κ1) is 20.4. The quantitative estimate of drug-likeness (QED) is 0.694. The van der Waals surface area contributed by atoms with Crippen LogP contribution in [-0.4, -0.2) is 48.3 Å². The number of amides is 1. The first-order chi connectivity index (χ1) is 13.5. The van der Waals surface area contributed by atoms with Crippen LogP contribution in [0.15, 0.2) is 53.6 Å². The standard InChI is InChI=1S/C22H26ClN3O2/c1-4-25(5-2)15-22(27)26-21(16-9-11-18(23)12-10-16)14-20(24-26)17-7-6-8-19(13-17)28-3/h6-13,21H,4-5,14-15H2,1-3H3. The molecule has 0 aliphatic carbocycles. The normalized spacial score (nSPS) is 16.4. The number of nitrogens with zero attached hydrogens (tertiary/aromatic N) is 3. The molecule has 2 aromatic carbocycles. The summed E-state index contributed by atoms with van der Waals surface area (Å²) in [5, 5.41) is 7.03. The van der Waals surface area contributed by atoms with Crippen LogP contribution >= 0.6 is 11.6 Å². The molecule has 3 rings (SSSR count). The van der Waals surface area contributed by atoms with E-state index in [2.05, 4.69) is 18.7 Å². The molecule has 0 fully saturated rings. The van der Waals surface area contributed by atoms with Crippen molar-refractivity contribution in [3.05, 3.63) is 64.7 Å². The van der Waals surface area contributed by atoms with Gasteiger partial charge in [-0.1, -0.05) is 49.7 Å². The predicted octanol–water partition coefficient (Wildman–Crippen LogP) is 4.37. The molecule has 0 saturated carbocycles. The second kappa shape index (κ2) is 9.22. The zero-order chi connectivity index (χ0) is 20.1. The van der Waals surface area contributed by atoms with E-state index in [-0.39, 0.29) is 11.9 Å². The van der Waals surface area contributed by atoms with Crippen LogP contribution in [-0.2, 0) is 4.79 Å². The summed E-state index contributed by atoms with van der Waals surface area (Å²) < 4.78 is 5.34. The number of likely N-dealkylation sites (N-methyl/N-ethyl adjacent to an activating group) is 1. The van der Waals surface area contributed by atoms with E-state index in [1.54, 1.807) is 12.1 Å². The number of rotatable bonds is 7. The minimum absolute atomic E-state index is 0.00143. The molecule has 6 heteroatoms. The van der Waals surface area contributed by atoms with Gasteiger partial charge in [0, 0.05) is 17.0 Å². The van der Waals surface area contributed by atoms with Crippen molar-refractivity contribution in [2.75, 3.05) is 26.7 Å². The van der Waals surface area contributed by atoms with Crippen LogP contribution in [0.4, 0.5) is 0 Å². The van der Waals surface area contributed by atoms with Crippen LogP contribution in [0.25, 0.3) is 0 Å². The summed E-state index contributed by atoms with van der Waals surface area (Å²) in [7, 11) is 1.64. The van der Waals surface area contributed by atoms with Crippen molar-refractivity contribution in [1.82, 2.24) is 9.91 Å². The predicted molar refractivity (Wildman–Crippen MR) is 113 cm³/mol. The molecule has 0 spiro atoms. The molecule has 1 aliphatic heterocycles. The lowest BCUT2D eigenvalue weighted by Gasteiger charge is -2.25. The first-order valence-electron chi connectivity index (χ1n) is 9.57. The van der Waals surface area contributed by atoms with E-state index in [0.717, 1.165) is 35.7 Å². The third-order valence-electron chi connectivity index (χ3n) is 5.08. The summed E-state index contributed by atoms with van der Waals surface area (Å²) >= 11 is 6.05. The second-order valence-corrected chi connectivity index (χ2v) is 7.19. The average Bonchev–Trinajstić information content (AvgIpc) is 3.18. The van der Waals surface area contributed by atoms with Gasteiger partial charge in [0.15, 0.2) is 0 Å². The number of carbonyl (C=O) groups is 1. The van der Waals surface area contributed by atoms with Crippen molar-refractivity contribution in [2.24, 2.45) is 5.10 Å². The molecule has 0 radical (unpaired) electrons. The van der Waals surface area contributed by atoms with Crippen molar-refractivity contribution >= 4 is 23.2 Å². The molecule has 0 N–H and O–H groups in total. The molecule has 1 unspecified atom stereocenters. The van der Waals surface area contributed by atoms with Crippen LogP contribution < -0.4 is 4.74 Å². The topological polar surface area (TPSA) is 45.1 Å². The lowest BCUT2D eigenvalue weighted by atomic mass is 9.98. The summed E-state index contributed by atoms with van der Waals surface area (Å²) in [5.74, 6) is 0.776. The summed E-state index contributed by atoms with van der Waals surface area (Å²) in [6.07, 6.45) is 0.652. The number of hydrogen-bond donors (Lipinski definition) is 0. The maximum atomic E-state index is 13.1. The summed E-state index contributed by atoms with van der Waals surface area (Å²) in [6, 6.07) is 15.3. The monoisotopic (exact) mass is 399 g/mol. The van der Waals surface area contributed by atoms with Crippen LogP contribution in [0.2, 0.25) is 5.02 Å². The van der Waals surface area contributed by atoms with E-state index in [1.165, 1.54) is 0 Å². The molecule has 1 atom stereocenters. The van der Waals surface area contributed by atoms with Gasteiger partial charge in [0.1, 0.15) is 5.75 Å². The lowest BCUT2D eigenvalue weighted by molar-refractivity contribution is -0.134. The highest BCUT2D eigenvalue weighted by Gasteiger charge is 2.33. The van der Waals surface area contributed by atoms with Gasteiger partial charge in [-0.15, -0.1) is 0 Å². The Hall–Kier alpha value is -2.37. The van der Waals surface area contributed by atoms with Gasteiger partial charge in [0.25, 0.3) is 5.91 Å². The zero-order valence-electron chi connectivity index (χ0n) is 16.6. The lowest BCUT2D eigenvalue weighted by Crippen LogP contribution is -2.38. The molecule has 1 aliphatic rings. The molecular weight excluding hydrogens is 374 g/mol. The van der Waals surface area contributed by atoms with Gasteiger partial charge < -0.3 is 4.74 Å². The number of hydrogen-bond acceptors (Lipinski definition) is 4. The first-order valence-corrected chi connectivity index (χ1v) is 9.95. The van der Waals surface area contributed by atoms with E-state index in [0.29, 0.717) is 18.0 Å². The number of carbonyl (C=O) groups excluding carboxylic acids is 1. The molecule has 0 aromatic heterocycles. The van der Waals surface area contributed by atoms with E-state index in [9.17, 15) is 4.79 Å². The Balaban J connectivity index is 1.92. The van der Waals surface area contributed by atoms with E-state index >= 15 is 0 Å². The molecule has 1 amide bonds. The van der Waals surface area contributed by atoms with Crippen LogP contribution in [0.3, 0.4) is 0 Å². The van der Waals surface area contributed by atoms with Crippen molar-refractivity contribution in [3.8, 4) is 5.75 Å². The highest BCUT2D eigenvalue weighted by Crippen LogP contribution is 2.34. The second-order valence-electron chi connectivity index (χ2n) is 6.75. The van der Waals surface area contributed by atoms with Crippen molar-refractivity contribution in [2.45, 2.75) is 26.3 Å². The van der Waals surface area contributed by atoms with E-state index in [4.69, 9.17) is 21.4 Å². The number of benzene rings is 2. The Bertz CT molecular complexity index is 847. The van der Waals surface area contributed by atoms with E-state index < -0.39 is 0 Å². The average molecular weight is 400 g/mol. The summed E-state index contributed by atoms with van der Waals surface area (Å²) in [4.78, 5) is 15.1. The molecule has 28 heavy (non-hydrogen) atoms. The van der Waals surface area contributed by atoms with Gasteiger partial charge in [0.05, 0.1) is 25.4 Å². The van der Waals surface area contributed by atoms with Crippen LogP contribution in [0.1, 0.15) is 37.4 Å². The minimum atomic E-state index is -0.137. The molecule has 0 saturated heterocycles. The van der Waals surface area contributed by atoms with Gasteiger partial charge in [-0.2, -0.15) is 5.10 Å². The van der Waals surface area contributed by atoms with Crippen LogP contribution in [0, 0.1) is 0 Å². The van der Waals surface area contributed by atoms with Gasteiger partial charge in [-0.25, -0.2) is 5.01 Å². The zero-order valence-corrected chi connectivity index (χ0v) is 17.3. The van der Waals surface area contributed by atoms with Crippen molar-refractivity contribution in [1.29, 1.82) is 0 Å². The fraction of sp³-hybridized carbons (Fsp3) is 0.364. The van der Waals surface area contributed by atoms with Gasteiger partial charge in [-0.3, -0.25) is 9.69 Å². The molecule has 5 nitrogen and oxygen atoms in total. The fourth-order valence-corrected chi connectivity index (χ4v) is 3.50. The Morgan fingerprint density at radius 2 is 1.93 bits per heavy atom. The SMILES string of the molecule is CCN(CC)CC(=O)N1N=C(c2cccc(OC)c2)CC1c1ccc(Cl)cc1. The molecule has 0 bridgehead atoms. The number of halogens is 1. The molecule has 2 aromatic rings. The number of hydrazone groups is 1. The van der Waals surface area contributed by atoms with Crippen molar-refractivity contribution < 1.29 is 9.53 Å².